The van der Waals surface area contributed by atoms with Crippen LogP contribution in [0.4, 0.5) is 0 Å². The van der Waals surface area contributed by atoms with E-state index in [1.54, 1.807) is 6.92 Å². The summed E-state index contributed by atoms with van der Waals surface area (Å²) in [6, 6.07) is 7.52. The maximum absolute atomic E-state index is 12.2. The standard InChI is InChI=1S/C17H27NO3/c1-12-6-8-14(9-7-12)21-13(2)16(20)18-15(10-11-19)17(3,4)5/h6-9,13,15,19H,10-11H2,1-5H3,(H,18,20). The molecule has 1 rings (SSSR count). The first kappa shape index (κ1) is 17.5. The summed E-state index contributed by atoms with van der Waals surface area (Å²) in [7, 11) is 0. The lowest BCUT2D eigenvalue weighted by Crippen LogP contribution is -2.48. The van der Waals surface area contributed by atoms with Gasteiger partial charge >= 0.3 is 0 Å². The third-order valence-electron chi connectivity index (χ3n) is 3.48. The number of benzene rings is 1. The van der Waals surface area contributed by atoms with Crippen molar-refractivity contribution < 1.29 is 14.6 Å². The predicted molar refractivity (Wildman–Crippen MR) is 84.4 cm³/mol. The summed E-state index contributed by atoms with van der Waals surface area (Å²) in [4.78, 5) is 12.2. The lowest BCUT2D eigenvalue weighted by molar-refractivity contribution is -0.128. The average molecular weight is 293 g/mol. The Morgan fingerprint density at radius 2 is 1.86 bits per heavy atom. The van der Waals surface area contributed by atoms with E-state index in [0.717, 1.165) is 5.56 Å². The van der Waals surface area contributed by atoms with Gasteiger partial charge in [0.2, 0.25) is 0 Å². The van der Waals surface area contributed by atoms with Crippen LogP contribution in [0.25, 0.3) is 0 Å². The van der Waals surface area contributed by atoms with Crippen LogP contribution in [0.3, 0.4) is 0 Å². The molecule has 0 heterocycles. The highest BCUT2D eigenvalue weighted by atomic mass is 16.5. The van der Waals surface area contributed by atoms with Gasteiger partial charge in [-0.25, -0.2) is 0 Å². The maximum Gasteiger partial charge on any atom is 0.261 e. The molecule has 0 saturated carbocycles. The van der Waals surface area contributed by atoms with Gasteiger partial charge < -0.3 is 15.2 Å². The number of hydrogen-bond donors (Lipinski definition) is 2. The van der Waals surface area contributed by atoms with Gasteiger partial charge in [-0.1, -0.05) is 38.5 Å². The molecule has 0 aliphatic heterocycles. The van der Waals surface area contributed by atoms with E-state index in [9.17, 15) is 4.79 Å². The lowest BCUT2D eigenvalue weighted by atomic mass is 9.85. The van der Waals surface area contributed by atoms with Gasteiger partial charge in [0, 0.05) is 12.6 Å². The van der Waals surface area contributed by atoms with Gasteiger partial charge in [-0.3, -0.25) is 4.79 Å². The number of aliphatic hydroxyl groups is 1. The van der Waals surface area contributed by atoms with Crippen molar-refractivity contribution in [1.29, 1.82) is 0 Å². The maximum atomic E-state index is 12.2. The fraction of sp³-hybridized carbons (Fsp3) is 0.588. The average Bonchev–Trinajstić information content (AvgIpc) is 2.39. The summed E-state index contributed by atoms with van der Waals surface area (Å²) < 4.78 is 5.65. The molecule has 0 bridgehead atoms. The van der Waals surface area contributed by atoms with E-state index in [0.29, 0.717) is 12.2 Å². The van der Waals surface area contributed by atoms with Gasteiger partial charge in [0.05, 0.1) is 0 Å². The third-order valence-corrected chi connectivity index (χ3v) is 3.48. The van der Waals surface area contributed by atoms with Crippen molar-refractivity contribution in [3.05, 3.63) is 29.8 Å². The number of hydrogen-bond acceptors (Lipinski definition) is 3. The molecule has 0 aliphatic rings. The van der Waals surface area contributed by atoms with Gasteiger partial charge in [-0.05, 0) is 37.8 Å². The van der Waals surface area contributed by atoms with Crippen LogP contribution >= 0.6 is 0 Å². The Morgan fingerprint density at radius 1 is 1.29 bits per heavy atom. The molecule has 0 spiro atoms. The summed E-state index contributed by atoms with van der Waals surface area (Å²) in [5.41, 5.74) is 1.04. The molecule has 4 nitrogen and oxygen atoms in total. The Morgan fingerprint density at radius 3 is 2.33 bits per heavy atom. The van der Waals surface area contributed by atoms with Crippen LogP contribution in [0.2, 0.25) is 0 Å². The zero-order valence-corrected chi connectivity index (χ0v) is 13.6. The molecule has 2 N–H and O–H groups in total. The second-order valence-electron chi connectivity index (χ2n) is 6.51. The summed E-state index contributed by atoms with van der Waals surface area (Å²) in [6.45, 7) is 9.91. The van der Waals surface area contributed by atoms with Gasteiger partial charge in [0.25, 0.3) is 5.91 Å². The Bertz CT molecular complexity index is 448. The van der Waals surface area contributed by atoms with E-state index >= 15 is 0 Å². The smallest absolute Gasteiger partial charge is 0.261 e. The van der Waals surface area contributed by atoms with Crippen LogP contribution in [-0.4, -0.2) is 29.8 Å². The Hall–Kier alpha value is -1.55. The van der Waals surface area contributed by atoms with Crippen LogP contribution in [-0.2, 0) is 4.79 Å². The molecular weight excluding hydrogens is 266 g/mol. The molecule has 1 aromatic rings. The molecule has 1 amide bonds. The molecular formula is C17H27NO3. The first-order valence-electron chi connectivity index (χ1n) is 7.38. The molecule has 0 aromatic heterocycles. The highest BCUT2D eigenvalue weighted by Crippen LogP contribution is 2.22. The molecule has 2 atom stereocenters. The van der Waals surface area contributed by atoms with Crippen molar-refractivity contribution in [2.45, 2.75) is 53.2 Å². The summed E-state index contributed by atoms with van der Waals surface area (Å²) in [5, 5.41) is 12.1. The van der Waals surface area contributed by atoms with Crippen LogP contribution < -0.4 is 10.1 Å². The number of carbonyl (C=O) groups is 1. The fourth-order valence-electron chi connectivity index (χ4n) is 2.01. The summed E-state index contributed by atoms with van der Waals surface area (Å²) >= 11 is 0. The van der Waals surface area contributed by atoms with Gasteiger partial charge in [-0.15, -0.1) is 0 Å². The van der Waals surface area contributed by atoms with Crippen molar-refractivity contribution in [3.8, 4) is 5.75 Å². The van der Waals surface area contributed by atoms with E-state index in [2.05, 4.69) is 5.32 Å². The second kappa shape index (κ2) is 7.46. The first-order chi connectivity index (χ1) is 9.74. The number of aliphatic hydroxyl groups excluding tert-OH is 1. The largest absolute Gasteiger partial charge is 0.481 e. The van der Waals surface area contributed by atoms with Crippen LogP contribution in [0.5, 0.6) is 5.75 Å². The number of ether oxygens (including phenoxy) is 1. The topological polar surface area (TPSA) is 58.6 Å². The quantitative estimate of drug-likeness (QED) is 0.848. The zero-order chi connectivity index (χ0) is 16.0. The van der Waals surface area contributed by atoms with Crippen molar-refractivity contribution in [3.63, 3.8) is 0 Å². The van der Waals surface area contributed by atoms with E-state index in [1.807, 2.05) is 52.0 Å². The molecule has 1 aromatic carbocycles. The normalized spacial score (nSPS) is 14.4. The molecule has 0 aliphatic carbocycles. The number of carbonyl (C=O) groups excluding carboxylic acids is 1. The minimum absolute atomic E-state index is 0.0510. The second-order valence-corrected chi connectivity index (χ2v) is 6.51. The van der Waals surface area contributed by atoms with Gasteiger partial charge in [-0.2, -0.15) is 0 Å². The number of rotatable bonds is 6. The Kier molecular flexibility index (Phi) is 6.21. The molecule has 0 fully saturated rings. The molecule has 118 valence electrons. The summed E-state index contributed by atoms with van der Waals surface area (Å²) in [6.07, 6.45) is -0.0387. The highest BCUT2D eigenvalue weighted by molar-refractivity contribution is 5.81. The van der Waals surface area contributed by atoms with Crippen LogP contribution in [0.1, 0.15) is 39.7 Å². The minimum Gasteiger partial charge on any atom is -0.481 e. The van der Waals surface area contributed by atoms with Crippen LogP contribution in [0, 0.1) is 12.3 Å². The van der Waals surface area contributed by atoms with Crippen LogP contribution in [0.15, 0.2) is 24.3 Å². The van der Waals surface area contributed by atoms with E-state index in [1.165, 1.54) is 0 Å². The fourth-order valence-corrected chi connectivity index (χ4v) is 2.01. The highest BCUT2D eigenvalue weighted by Gasteiger charge is 2.27. The number of nitrogens with one attached hydrogen (secondary N) is 1. The van der Waals surface area contributed by atoms with Crippen molar-refractivity contribution in [2.24, 2.45) is 5.41 Å². The van der Waals surface area contributed by atoms with E-state index in [-0.39, 0.29) is 24.0 Å². The van der Waals surface area contributed by atoms with Gasteiger partial charge in [0.15, 0.2) is 6.10 Å². The minimum atomic E-state index is -0.573. The van der Waals surface area contributed by atoms with E-state index in [4.69, 9.17) is 9.84 Å². The Labute approximate surface area is 127 Å². The Balaban J connectivity index is 2.62. The monoisotopic (exact) mass is 293 g/mol. The molecule has 4 heteroatoms. The third kappa shape index (κ3) is 5.76. The lowest BCUT2D eigenvalue weighted by Gasteiger charge is -2.32. The van der Waals surface area contributed by atoms with Gasteiger partial charge in [0.1, 0.15) is 5.75 Å². The molecule has 0 saturated heterocycles. The zero-order valence-electron chi connectivity index (χ0n) is 13.6. The van der Waals surface area contributed by atoms with Crippen molar-refractivity contribution in [1.82, 2.24) is 5.32 Å². The molecule has 0 radical (unpaired) electrons. The molecule has 2 unspecified atom stereocenters. The van der Waals surface area contributed by atoms with E-state index < -0.39 is 6.10 Å². The summed E-state index contributed by atoms with van der Waals surface area (Å²) in [5.74, 6) is 0.515. The SMILES string of the molecule is Cc1ccc(OC(C)C(=O)NC(CCO)C(C)(C)C)cc1. The molecule has 21 heavy (non-hydrogen) atoms. The number of amides is 1. The number of aryl methyl sites for hydroxylation is 1. The van der Waals surface area contributed by atoms with Crippen molar-refractivity contribution in [2.75, 3.05) is 6.61 Å². The predicted octanol–water partition coefficient (Wildman–Crippen LogP) is 2.68. The van der Waals surface area contributed by atoms with Crippen molar-refractivity contribution >= 4 is 5.91 Å². The first-order valence-corrected chi connectivity index (χ1v) is 7.38.